The Morgan fingerprint density at radius 1 is 1.17 bits per heavy atom. The van der Waals surface area contributed by atoms with E-state index in [-0.39, 0.29) is 43.1 Å². The first-order valence-electron chi connectivity index (χ1n) is 9.49. The molecule has 0 unspecified atom stereocenters. The zero-order valence-electron chi connectivity index (χ0n) is 16.3. The Morgan fingerprint density at radius 2 is 1.90 bits per heavy atom. The summed E-state index contributed by atoms with van der Waals surface area (Å²) < 4.78 is 1.08. The number of nitrogens with zero attached hydrogens (tertiary/aromatic N) is 3. The third-order valence-electron chi connectivity index (χ3n) is 5.33. The maximum absolute atomic E-state index is 12.7. The molecule has 0 saturated carbocycles. The molecular weight excluding hydrogens is 386 g/mol. The van der Waals surface area contributed by atoms with Gasteiger partial charge in [-0.05, 0) is 30.7 Å². The van der Waals surface area contributed by atoms with Crippen molar-refractivity contribution in [3.05, 3.63) is 64.7 Å². The van der Waals surface area contributed by atoms with Crippen LogP contribution in [0.1, 0.15) is 40.3 Å². The molecule has 0 saturated heterocycles. The first-order chi connectivity index (χ1) is 14.0. The van der Waals surface area contributed by atoms with Gasteiger partial charge in [-0.2, -0.15) is 0 Å². The molecule has 4 rings (SSSR count). The lowest BCUT2D eigenvalue weighted by Gasteiger charge is -2.28. The number of hydrogen-bond donors (Lipinski definition) is 0. The summed E-state index contributed by atoms with van der Waals surface area (Å²) in [6.07, 6.45) is 0.277. The van der Waals surface area contributed by atoms with Crippen LogP contribution in [0, 0.1) is 0 Å². The van der Waals surface area contributed by atoms with Gasteiger partial charge in [0.1, 0.15) is 5.01 Å². The first-order valence-corrected chi connectivity index (χ1v) is 10.3. The molecule has 1 aromatic heterocycles. The molecule has 3 amide bonds. The summed E-state index contributed by atoms with van der Waals surface area (Å²) in [5.74, 6) is -0.717. The molecule has 7 heteroatoms. The Morgan fingerprint density at radius 3 is 2.69 bits per heavy atom. The van der Waals surface area contributed by atoms with Crippen molar-refractivity contribution in [3.8, 4) is 0 Å². The molecule has 2 aromatic carbocycles. The number of rotatable bonds is 5. The van der Waals surface area contributed by atoms with Gasteiger partial charge >= 0.3 is 0 Å². The van der Waals surface area contributed by atoms with Crippen LogP contribution in [0.5, 0.6) is 0 Å². The molecule has 3 aromatic rings. The predicted octanol–water partition coefficient (Wildman–Crippen LogP) is 3.43. The van der Waals surface area contributed by atoms with Gasteiger partial charge in [0.2, 0.25) is 11.8 Å². The van der Waals surface area contributed by atoms with Gasteiger partial charge in [0.25, 0.3) is 5.91 Å². The van der Waals surface area contributed by atoms with E-state index in [1.807, 2.05) is 37.3 Å². The van der Waals surface area contributed by atoms with Gasteiger partial charge in [0.05, 0.1) is 22.7 Å². The fourth-order valence-electron chi connectivity index (χ4n) is 3.46. The molecule has 0 radical (unpaired) electrons. The lowest BCUT2D eigenvalue weighted by molar-refractivity contribution is -0.133. The number of hydrogen-bond acceptors (Lipinski definition) is 5. The van der Waals surface area contributed by atoms with E-state index < -0.39 is 0 Å². The molecule has 1 aliphatic heterocycles. The molecule has 6 nitrogen and oxygen atoms in total. The van der Waals surface area contributed by atoms with Crippen LogP contribution < -0.4 is 0 Å². The summed E-state index contributed by atoms with van der Waals surface area (Å²) in [5, 5.41) is 0.862. The van der Waals surface area contributed by atoms with Gasteiger partial charge < -0.3 is 4.90 Å². The summed E-state index contributed by atoms with van der Waals surface area (Å²) in [4.78, 5) is 45.2. The number of para-hydroxylation sites is 1. The van der Waals surface area contributed by atoms with Crippen molar-refractivity contribution in [2.24, 2.45) is 0 Å². The molecule has 0 bridgehead atoms. The van der Waals surface area contributed by atoms with Gasteiger partial charge in [0, 0.05) is 25.6 Å². The van der Waals surface area contributed by atoms with Crippen LogP contribution in [-0.4, -0.2) is 46.1 Å². The van der Waals surface area contributed by atoms with E-state index in [4.69, 9.17) is 0 Å². The summed E-state index contributed by atoms with van der Waals surface area (Å²) in [6.45, 7) is 2.02. The maximum atomic E-state index is 12.7. The number of benzene rings is 2. The van der Waals surface area contributed by atoms with Crippen LogP contribution in [0.15, 0.2) is 48.5 Å². The quantitative estimate of drug-likeness (QED) is 0.608. The number of carbonyl (C=O) groups is 3. The average Bonchev–Trinajstić information content (AvgIpc) is 3.16. The van der Waals surface area contributed by atoms with E-state index in [0.29, 0.717) is 5.56 Å². The number of aromatic nitrogens is 1. The standard InChI is InChI=1S/C22H21N3O3S/c1-14(21-23-17-9-5-6-10-18(17)29-21)24(2)19(26)11-12-25-20(27)13-15-7-3-4-8-16(15)22(25)28/h3-10,14H,11-13H2,1-2H3/t14-/m1/s1. The normalized spacial score (nSPS) is 14.8. The van der Waals surface area contributed by atoms with Crippen molar-refractivity contribution >= 4 is 39.3 Å². The summed E-state index contributed by atoms with van der Waals surface area (Å²) in [7, 11) is 1.73. The Labute approximate surface area is 172 Å². The minimum Gasteiger partial charge on any atom is -0.337 e. The van der Waals surface area contributed by atoms with Gasteiger partial charge in [-0.1, -0.05) is 30.3 Å². The van der Waals surface area contributed by atoms with Crippen molar-refractivity contribution < 1.29 is 14.4 Å². The van der Waals surface area contributed by atoms with Crippen LogP contribution in [0.4, 0.5) is 0 Å². The number of carbonyl (C=O) groups excluding carboxylic acids is 3. The Hall–Kier alpha value is -3.06. The van der Waals surface area contributed by atoms with Gasteiger partial charge in [-0.25, -0.2) is 4.98 Å². The van der Waals surface area contributed by atoms with Crippen LogP contribution in [0.2, 0.25) is 0 Å². The van der Waals surface area contributed by atoms with Crippen LogP contribution >= 0.6 is 11.3 Å². The molecule has 0 spiro atoms. The second kappa shape index (κ2) is 7.75. The highest BCUT2D eigenvalue weighted by Crippen LogP contribution is 2.29. The molecule has 1 aliphatic rings. The van der Waals surface area contributed by atoms with Crippen molar-refractivity contribution in [2.45, 2.75) is 25.8 Å². The highest BCUT2D eigenvalue weighted by atomic mass is 32.1. The molecule has 29 heavy (non-hydrogen) atoms. The molecule has 0 N–H and O–H groups in total. The lowest BCUT2D eigenvalue weighted by Crippen LogP contribution is -2.44. The van der Waals surface area contributed by atoms with E-state index >= 15 is 0 Å². The van der Waals surface area contributed by atoms with E-state index in [2.05, 4.69) is 4.98 Å². The second-order valence-electron chi connectivity index (χ2n) is 7.13. The van der Waals surface area contributed by atoms with E-state index in [9.17, 15) is 14.4 Å². The Balaban J connectivity index is 1.42. The minimum atomic E-state index is -0.327. The van der Waals surface area contributed by atoms with Crippen molar-refractivity contribution in [1.82, 2.24) is 14.8 Å². The monoisotopic (exact) mass is 407 g/mol. The van der Waals surface area contributed by atoms with Crippen molar-refractivity contribution in [3.63, 3.8) is 0 Å². The van der Waals surface area contributed by atoms with Gasteiger partial charge in [0.15, 0.2) is 0 Å². The van der Waals surface area contributed by atoms with E-state index in [1.165, 1.54) is 4.90 Å². The predicted molar refractivity (Wildman–Crippen MR) is 112 cm³/mol. The van der Waals surface area contributed by atoms with E-state index in [1.54, 1.807) is 41.5 Å². The fourth-order valence-corrected chi connectivity index (χ4v) is 4.52. The van der Waals surface area contributed by atoms with Gasteiger partial charge in [-0.3, -0.25) is 19.3 Å². The largest absolute Gasteiger partial charge is 0.337 e. The topological polar surface area (TPSA) is 70.6 Å². The highest BCUT2D eigenvalue weighted by molar-refractivity contribution is 7.18. The zero-order chi connectivity index (χ0) is 20.5. The third-order valence-corrected chi connectivity index (χ3v) is 6.53. The first kappa shape index (κ1) is 19.3. The fraction of sp³-hybridized carbons (Fsp3) is 0.273. The number of thiazole rings is 1. The number of amides is 3. The molecular formula is C22H21N3O3S. The van der Waals surface area contributed by atoms with Crippen LogP contribution in [-0.2, 0) is 16.0 Å². The van der Waals surface area contributed by atoms with E-state index in [0.717, 1.165) is 20.8 Å². The molecule has 1 atom stereocenters. The summed E-state index contributed by atoms with van der Waals surface area (Å²) in [5.41, 5.74) is 2.20. The molecule has 0 aliphatic carbocycles. The lowest BCUT2D eigenvalue weighted by atomic mass is 9.98. The number of fused-ring (bicyclic) bond motifs is 2. The van der Waals surface area contributed by atoms with Crippen molar-refractivity contribution in [1.29, 1.82) is 0 Å². The third kappa shape index (κ3) is 3.65. The Kier molecular flexibility index (Phi) is 5.15. The maximum Gasteiger partial charge on any atom is 0.260 e. The SMILES string of the molecule is C[C@H](c1nc2ccccc2s1)N(C)C(=O)CCN1C(=O)Cc2ccccc2C1=O. The van der Waals surface area contributed by atoms with Crippen LogP contribution in [0.3, 0.4) is 0 Å². The smallest absolute Gasteiger partial charge is 0.260 e. The van der Waals surface area contributed by atoms with Gasteiger partial charge in [-0.15, -0.1) is 11.3 Å². The number of imide groups is 1. The molecule has 0 fully saturated rings. The van der Waals surface area contributed by atoms with Crippen LogP contribution in [0.25, 0.3) is 10.2 Å². The summed E-state index contributed by atoms with van der Waals surface area (Å²) >= 11 is 1.57. The second-order valence-corrected chi connectivity index (χ2v) is 8.20. The summed E-state index contributed by atoms with van der Waals surface area (Å²) in [6, 6.07) is 14.8. The minimum absolute atomic E-state index is 0.0851. The zero-order valence-corrected chi connectivity index (χ0v) is 17.1. The average molecular weight is 407 g/mol. The Bertz CT molecular complexity index is 1070. The van der Waals surface area contributed by atoms with Crippen molar-refractivity contribution in [2.75, 3.05) is 13.6 Å². The highest BCUT2D eigenvalue weighted by Gasteiger charge is 2.31. The molecule has 148 valence electrons. The molecule has 2 heterocycles.